The number of nitrogens with one attached hydrogen (secondary N) is 1. The highest BCUT2D eigenvalue weighted by Crippen LogP contribution is 2.44. The quantitative estimate of drug-likeness (QED) is 0.827. The van der Waals surface area contributed by atoms with Gasteiger partial charge in [0.05, 0.1) is 6.04 Å². The van der Waals surface area contributed by atoms with E-state index in [9.17, 15) is 5.11 Å². The molecule has 4 heteroatoms. The zero-order valence-corrected chi connectivity index (χ0v) is 14.3. The molecule has 4 atom stereocenters. The molecule has 0 aliphatic heterocycles. The second kappa shape index (κ2) is 6.45. The van der Waals surface area contributed by atoms with E-state index in [0.717, 1.165) is 29.1 Å². The molecule has 0 saturated heterocycles. The lowest BCUT2D eigenvalue weighted by Crippen LogP contribution is -2.47. The van der Waals surface area contributed by atoms with Crippen molar-refractivity contribution in [3.63, 3.8) is 0 Å². The van der Waals surface area contributed by atoms with Gasteiger partial charge in [-0.2, -0.15) is 0 Å². The minimum Gasteiger partial charge on any atom is -0.508 e. The number of benzene rings is 1. The van der Waals surface area contributed by atoms with Crippen LogP contribution in [0.4, 0.5) is 0 Å². The molecule has 0 aromatic heterocycles. The van der Waals surface area contributed by atoms with Crippen LogP contribution in [0.5, 0.6) is 5.75 Å². The third-order valence-electron chi connectivity index (χ3n) is 5.47. The Morgan fingerprint density at radius 3 is 2.82 bits per heavy atom. The number of phenolic OH excluding ortho intramolecular Hbond substituents is 1. The molecule has 2 aliphatic carbocycles. The lowest BCUT2D eigenvalue weighted by Gasteiger charge is -2.34. The molecule has 0 heterocycles. The van der Waals surface area contributed by atoms with Gasteiger partial charge in [0.15, 0.2) is 5.11 Å². The van der Waals surface area contributed by atoms with Crippen LogP contribution in [0, 0.1) is 11.8 Å². The molecule has 120 valence electrons. The summed E-state index contributed by atoms with van der Waals surface area (Å²) >= 11 is 5.69. The Morgan fingerprint density at radius 2 is 2.23 bits per heavy atom. The zero-order chi connectivity index (χ0) is 15.7. The number of hydrogen-bond donors (Lipinski definition) is 2. The van der Waals surface area contributed by atoms with Crippen LogP contribution >= 0.6 is 12.2 Å². The first-order valence-corrected chi connectivity index (χ1v) is 8.85. The summed E-state index contributed by atoms with van der Waals surface area (Å²) in [6.07, 6.45) is 5.43. The minimum absolute atomic E-state index is 0.163. The summed E-state index contributed by atoms with van der Waals surface area (Å²) in [5.41, 5.74) is 1.10. The van der Waals surface area contributed by atoms with Gasteiger partial charge >= 0.3 is 0 Å². The van der Waals surface area contributed by atoms with Gasteiger partial charge in [0.1, 0.15) is 5.75 Å². The maximum absolute atomic E-state index is 9.69. The van der Waals surface area contributed by atoms with Crippen LogP contribution in [0.3, 0.4) is 0 Å². The molecule has 2 bridgehead atoms. The molecule has 1 aromatic rings. The van der Waals surface area contributed by atoms with Crippen LogP contribution in [-0.2, 0) is 0 Å². The summed E-state index contributed by atoms with van der Waals surface area (Å²) in [7, 11) is 0. The van der Waals surface area contributed by atoms with Gasteiger partial charge in [0, 0.05) is 12.6 Å². The molecule has 3 nitrogen and oxygen atoms in total. The van der Waals surface area contributed by atoms with Gasteiger partial charge in [-0.3, -0.25) is 0 Å². The largest absolute Gasteiger partial charge is 0.508 e. The Morgan fingerprint density at radius 1 is 1.41 bits per heavy atom. The monoisotopic (exact) mass is 318 g/mol. The molecule has 2 aliphatic rings. The number of fused-ring (bicyclic) bond motifs is 2. The van der Waals surface area contributed by atoms with Crippen molar-refractivity contribution in [3.8, 4) is 5.75 Å². The molecular weight excluding hydrogens is 292 g/mol. The molecule has 0 radical (unpaired) electrons. The molecule has 2 fully saturated rings. The molecule has 0 amide bonds. The maximum atomic E-state index is 9.69. The minimum atomic E-state index is 0.163. The lowest BCUT2D eigenvalue weighted by molar-refractivity contribution is 0.323. The van der Waals surface area contributed by atoms with Gasteiger partial charge in [-0.1, -0.05) is 18.6 Å². The third kappa shape index (κ3) is 3.07. The Balaban J connectivity index is 1.66. The van der Waals surface area contributed by atoms with E-state index in [1.165, 1.54) is 25.7 Å². The first-order chi connectivity index (χ1) is 10.6. The van der Waals surface area contributed by atoms with E-state index in [2.05, 4.69) is 24.1 Å². The fourth-order valence-corrected chi connectivity index (χ4v) is 4.66. The van der Waals surface area contributed by atoms with Crippen LogP contribution in [0.25, 0.3) is 0 Å². The summed E-state index contributed by atoms with van der Waals surface area (Å²) in [6.45, 7) is 5.14. The predicted molar refractivity (Wildman–Crippen MR) is 93.9 cm³/mol. The van der Waals surface area contributed by atoms with Gasteiger partial charge in [-0.25, -0.2) is 0 Å². The molecule has 2 saturated carbocycles. The fraction of sp³-hybridized carbons (Fsp3) is 0.611. The van der Waals surface area contributed by atoms with Gasteiger partial charge in [0.2, 0.25) is 0 Å². The number of phenols is 1. The van der Waals surface area contributed by atoms with Crippen molar-refractivity contribution in [1.82, 2.24) is 10.2 Å². The Hall–Kier alpha value is -1.29. The summed E-state index contributed by atoms with van der Waals surface area (Å²) in [4.78, 5) is 2.22. The van der Waals surface area contributed by atoms with Crippen LogP contribution in [0.15, 0.2) is 24.3 Å². The van der Waals surface area contributed by atoms with E-state index in [0.29, 0.717) is 11.8 Å². The molecule has 3 rings (SSSR count). The van der Waals surface area contributed by atoms with Gasteiger partial charge in [0.25, 0.3) is 0 Å². The van der Waals surface area contributed by atoms with Gasteiger partial charge in [-0.05, 0) is 74.9 Å². The average Bonchev–Trinajstić information content (AvgIpc) is 3.10. The van der Waals surface area contributed by atoms with Crippen molar-refractivity contribution in [1.29, 1.82) is 0 Å². The van der Waals surface area contributed by atoms with Crippen molar-refractivity contribution >= 4 is 17.3 Å². The second-order valence-electron chi connectivity index (χ2n) is 6.79. The van der Waals surface area contributed by atoms with Gasteiger partial charge < -0.3 is 15.3 Å². The van der Waals surface area contributed by atoms with E-state index in [1.54, 1.807) is 6.07 Å². The molecule has 0 spiro atoms. The molecule has 4 unspecified atom stereocenters. The molecule has 2 N–H and O–H groups in total. The summed E-state index contributed by atoms with van der Waals surface area (Å²) in [5, 5.41) is 14.2. The van der Waals surface area contributed by atoms with E-state index < -0.39 is 0 Å². The number of thiocarbonyl (C=S) groups is 1. The fourth-order valence-electron chi connectivity index (χ4n) is 4.22. The predicted octanol–water partition coefficient (Wildman–Crippen LogP) is 3.84. The first-order valence-electron chi connectivity index (χ1n) is 8.44. The van der Waals surface area contributed by atoms with E-state index in [-0.39, 0.29) is 6.04 Å². The van der Waals surface area contributed by atoms with Crippen molar-refractivity contribution in [2.24, 2.45) is 11.8 Å². The highest BCUT2D eigenvalue weighted by molar-refractivity contribution is 7.80. The maximum Gasteiger partial charge on any atom is 0.169 e. The lowest BCUT2D eigenvalue weighted by atomic mass is 9.95. The van der Waals surface area contributed by atoms with E-state index >= 15 is 0 Å². The number of aromatic hydroxyl groups is 1. The van der Waals surface area contributed by atoms with Crippen molar-refractivity contribution in [3.05, 3.63) is 29.8 Å². The highest BCUT2D eigenvalue weighted by atomic mass is 32.1. The topological polar surface area (TPSA) is 35.5 Å². The number of hydrogen-bond acceptors (Lipinski definition) is 2. The third-order valence-corrected chi connectivity index (χ3v) is 5.82. The molecule has 22 heavy (non-hydrogen) atoms. The summed E-state index contributed by atoms with van der Waals surface area (Å²) < 4.78 is 0. The first kappa shape index (κ1) is 15.6. The summed E-state index contributed by atoms with van der Waals surface area (Å²) in [6, 6.07) is 8.20. The van der Waals surface area contributed by atoms with Crippen LogP contribution < -0.4 is 5.32 Å². The van der Waals surface area contributed by atoms with E-state index in [4.69, 9.17) is 12.2 Å². The number of nitrogens with zero attached hydrogens (tertiary/aromatic N) is 1. The van der Waals surface area contributed by atoms with Crippen molar-refractivity contribution < 1.29 is 5.11 Å². The highest BCUT2D eigenvalue weighted by Gasteiger charge is 2.40. The van der Waals surface area contributed by atoms with Gasteiger partial charge in [-0.15, -0.1) is 0 Å². The average molecular weight is 318 g/mol. The Bertz CT molecular complexity index is 548. The molecular formula is C18H26N2OS. The van der Waals surface area contributed by atoms with Crippen LogP contribution in [-0.4, -0.2) is 27.7 Å². The second-order valence-corrected chi connectivity index (χ2v) is 7.17. The summed E-state index contributed by atoms with van der Waals surface area (Å²) in [5.74, 6) is 2.05. The molecule has 1 aromatic carbocycles. The van der Waals surface area contributed by atoms with Crippen LogP contribution in [0.1, 0.15) is 51.1 Å². The van der Waals surface area contributed by atoms with Crippen molar-refractivity contribution in [2.75, 3.05) is 6.54 Å². The zero-order valence-electron chi connectivity index (χ0n) is 13.5. The van der Waals surface area contributed by atoms with Crippen LogP contribution in [0.2, 0.25) is 0 Å². The van der Waals surface area contributed by atoms with Crippen molar-refractivity contribution in [2.45, 2.75) is 51.6 Å². The SMILES string of the molecule is CCN(C(=S)NC1CC2CCC1C2)C(C)c1cccc(O)c1. The standard InChI is InChI=1S/C18H26N2OS/c1-3-20(12(2)14-5-4-6-16(21)11-14)18(22)19-17-10-13-7-8-15(17)9-13/h4-6,11-13,15,17,21H,3,7-10H2,1-2H3,(H,19,22). The number of rotatable bonds is 4. The van der Waals surface area contributed by atoms with E-state index in [1.807, 2.05) is 18.2 Å². The Labute approximate surface area is 138 Å². The normalized spacial score (nSPS) is 27.6. The Kier molecular flexibility index (Phi) is 4.57. The smallest absolute Gasteiger partial charge is 0.169 e.